The standard InChI is InChI=1S/C13H20N6OS2/c1-4-7-19-9(5-2)15-18-13(19)21-8-10(20)14-12-17-16-11(6-3)22-12/h4-8H2,1-3H3,(H,14,17,20). The molecule has 2 aromatic rings. The van der Waals surface area contributed by atoms with Gasteiger partial charge >= 0.3 is 0 Å². The minimum Gasteiger partial charge on any atom is -0.306 e. The van der Waals surface area contributed by atoms with Gasteiger partial charge in [0.1, 0.15) is 10.8 Å². The maximum atomic E-state index is 12.0. The van der Waals surface area contributed by atoms with Crippen LogP contribution in [0.15, 0.2) is 5.16 Å². The summed E-state index contributed by atoms with van der Waals surface area (Å²) in [6.45, 7) is 7.05. The van der Waals surface area contributed by atoms with E-state index in [2.05, 4.69) is 44.1 Å². The number of aromatic nitrogens is 5. The van der Waals surface area contributed by atoms with Crippen molar-refractivity contribution in [2.24, 2.45) is 0 Å². The number of carbonyl (C=O) groups excluding carboxylic acids is 1. The van der Waals surface area contributed by atoms with E-state index >= 15 is 0 Å². The topological polar surface area (TPSA) is 85.6 Å². The number of nitrogens with one attached hydrogen (secondary N) is 1. The van der Waals surface area contributed by atoms with Gasteiger partial charge in [-0.2, -0.15) is 0 Å². The van der Waals surface area contributed by atoms with Gasteiger partial charge in [0.05, 0.1) is 5.75 Å². The number of amides is 1. The number of rotatable bonds is 8. The highest BCUT2D eigenvalue weighted by atomic mass is 32.2. The van der Waals surface area contributed by atoms with Crippen LogP contribution in [0, 0.1) is 0 Å². The lowest BCUT2D eigenvalue weighted by molar-refractivity contribution is -0.113. The molecule has 1 amide bonds. The smallest absolute Gasteiger partial charge is 0.236 e. The molecular weight excluding hydrogens is 320 g/mol. The minimum atomic E-state index is -0.104. The van der Waals surface area contributed by atoms with Gasteiger partial charge in [0, 0.05) is 13.0 Å². The number of aryl methyl sites for hydroxylation is 2. The molecule has 0 aliphatic carbocycles. The summed E-state index contributed by atoms with van der Waals surface area (Å²) in [6.07, 6.45) is 2.67. The summed E-state index contributed by atoms with van der Waals surface area (Å²) >= 11 is 2.80. The average molecular weight is 340 g/mol. The lowest BCUT2D eigenvalue weighted by atomic mass is 10.4. The molecule has 0 aromatic carbocycles. The van der Waals surface area contributed by atoms with Gasteiger partial charge in [-0.25, -0.2) is 0 Å². The zero-order valence-corrected chi connectivity index (χ0v) is 14.6. The molecule has 0 fully saturated rings. The second-order valence-electron chi connectivity index (χ2n) is 4.60. The Kier molecular flexibility index (Phi) is 6.32. The number of hydrogen-bond acceptors (Lipinski definition) is 7. The Labute approximate surface area is 137 Å². The molecule has 0 radical (unpaired) electrons. The van der Waals surface area contributed by atoms with Crippen LogP contribution in [-0.4, -0.2) is 36.6 Å². The molecule has 120 valence electrons. The third-order valence-electron chi connectivity index (χ3n) is 2.90. The summed E-state index contributed by atoms with van der Waals surface area (Å²) in [5.74, 6) is 1.14. The van der Waals surface area contributed by atoms with Crippen LogP contribution in [0.4, 0.5) is 5.13 Å². The largest absolute Gasteiger partial charge is 0.306 e. The molecule has 7 nitrogen and oxygen atoms in total. The van der Waals surface area contributed by atoms with E-state index in [1.165, 1.54) is 23.1 Å². The van der Waals surface area contributed by atoms with E-state index in [4.69, 9.17) is 0 Å². The van der Waals surface area contributed by atoms with Gasteiger partial charge in [-0.05, 0) is 12.8 Å². The van der Waals surface area contributed by atoms with Crippen LogP contribution >= 0.6 is 23.1 Å². The van der Waals surface area contributed by atoms with Gasteiger partial charge in [-0.15, -0.1) is 20.4 Å². The normalized spacial score (nSPS) is 10.9. The zero-order valence-electron chi connectivity index (χ0n) is 13.0. The molecule has 2 aromatic heterocycles. The number of hydrogen-bond donors (Lipinski definition) is 1. The Hall–Kier alpha value is -1.48. The van der Waals surface area contributed by atoms with Crippen LogP contribution in [0.3, 0.4) is 0 Å². The Morgan fingerprint density at radius 1 is 1.18 bits per heavy atom. The van der Waals surface area contributed by atoms with Crippen LogP contribution in [0.1, 0.15) is 38.0 Å². The van der Waals surface area contributed by atoms with Crippen molar-refractivity contribution in [2.75, 3.05) is 11.1 Å². The summed E-state index contributed by atoms with van der Waals surface area (Å²) in [5.41, 5.74) is 0. The van der Waals surface area contributed by atoms with Gasteiger partial charge in [-0.1, -0.05) is 43.9 Å². The Morgan fingerprint density at radius 3 is 2.64 bits per heavy atom. The van der Waals surface area contributed by atoms with Crippen molar-refractivity contribution in [1.82, 2.24) is 25.0 Å². The maximum absolute atomic E-state index is 12.0. The first-order valence-electron chi connectivity index (χ1n) is 7.35. The van der Waals surface area contributed by atoms with Gasteiger partial charge < -0.3 is 4.57 Å². The lowest BCUT2D eigenvalue weighted by Crippen LogP contribution is -2.14. The SMILES string of the molecule is CCCn1c(CC)nnc1SCC(=O)Nc1nnc(CC)s1. The molecule has 2 heterocycles. The third-order valence-corrected chi connectivity index (χ3v) is 4.85. The molecule has 2 rings (SSSR count). The van der Waals surface area contributed by atoms with Crippen molar-refractivity contribution in [3.63, 3.8) is 0 Å². The fourth-order valence-corrected chi connectivity index (χ4v) is 3.35. The number of carbonyl (C=O) groups is 1. The van der Waals surface area contributed by atoms with Crippen molar-refractivity contribution >= 4 is 34.1 Å². The molecule has 1 N–H and O–H groups in total. The summed E-state index contributed by atoms with van der Waals surface area (Å²) in [7, 11) is 0. The lowest BCUT2D eigenvalue weighted by Gasteiger charge is -2.07. The Morgan fingerprint density at radius 2 is 2.00 bits per heavy atom. The van der Waals surface area contributed by atoms with Gasteiger partial charge in [-0.3, -0.25) is 10.1 Å². The molecule has 22 heavy (non-hydrogen) atoms. The maximum Gasteiger partial charge on any atom is 0.236 e. The highest BCUT2D eigenvalue weighted by Crippen LogP contribution is 2.19. The van der Waals surface area contributed by atoms with Crippen molar-refractivity contribution < 1.29 is 4.79 Å². The molecule has 0 aliphatic rings. The first kappa shape index (κ1) is 16.9. The highest BCUT2D eigenvalue weighted by molar-refractivity contribution is 7.99. The van der Waals surface area contributed by atoms with E-state index in [-0.39, 0.29) is 11.7 Å². The van der Waals surface area contributed by atoms with E-state index in [1.54, 1.807) is 0 Å². The monoisotopic (exact) mass is 340 g/mol. The molecule has 0 unspecified atom stereocenters. The molecular formula is C13H20N6OS2. The van der Waals surface area contributed by atoms with E-state index in [1.807, 2.05) is 6.92 Å². The number of anilines is 1. The second kappa shape index (κ2) is 8.23. The van der Waals surface area contributed by atoms with E-state index in [0.29, 0.717) is 5.13 Å². The summed E-state index contributed by atoms with van der Waals surface area (Å²) in [5, 5.41) is 21.3. The summed E-state index contributed by atoms with van der Waals surface area (Å²) in [4.78, 5) is 12.0. The van der Waals surface area contributed by atoms with Crippen molar-refractivity contribution in [3.05, 3.63) is 10.8 Å². The van der Waals surface area contributed by atoms with Gasteiger partial charge in [0.15, 0.2) is 5.16 Å². The first-order chi connectivity index (χ1) is 10.7. The predicted molar refractivity (Wildman–Crippen MR) is 88.3 cm³/mol. The van der Waals surface area contributed by atoms with Crippen molar-refractivity contribution in [2.45, 2.75) is 51.7 Å². The van der Waals surface area contributed by atoms with Crippen LogP contribution < -0.4 is 5.32 Å². The first-order valence-corrected chi connectivity index (χ1v) is 9.15. The van der Waals surface area contributed by atoms with Gasteiger partial charge in [0.2, 0.25) is 11.0 Å². The van der Waals surface area contributed by atoms with Gasteiger partial charge in [0.25, 0.3) is 0 Å². The number of nitrogens with zero attached hydrogens (tertiary/aromatic N) is 5. The summed E-state index contributed by atoms with van der Waals surface area (Å²) < 4.78 is 2.08. The molecule has 0 saturated heterocycles. The van der Waals surface area contributed by atoms with Crippen LogP contribution in [0.2, 0.25) is 0 Å². The number of thioether (sulfide) groups is 1. The quantitative estimate of drug-likeness (QED) is 0.743. The van der Waals surface area contributed by atoms with Crippen LogP contribution in [0.5, 0.6) is 0 Å². The average Bonchev–Trinajstić information content (AvgIpc) is 3.12. The molecule has 0 saturated carbocycles. The van der Waals surface area contributed by atoms with E-state index in [0.717, 1.165) is 41.8 Å². The van der Waals surface area contributed by atoms with Crippen molar-refractivity contribution in [3.8, 4) is 0 Å². The van der Waals surface area contributed by atoms with Crippen LogP contribution in [-0.2, 0) is 24.2 Å². The van der Waals surface area contributed by atoms with Crippen LogP contribution in [0.25, 0.3) is 0 Å². The Balaban J connectivity index is 1.92. The van der Waals surface area contributed by atoms with Crippen molar-refractivity contribution in [1.29, 1.82) is 0 Å². The van der Waals surface area contributed by atoms with E-state index in [9.17, 15) is 4.79 Å². The third kappa shape index (κ3) is 4.26. The molecule has 0 bridgehead atoms. The van der Waals surface area contributed by atoms with E-state index < -0.39 is 0 Å². The second-order valence-corrected chi connectivity index (χ2v) is 6.60. The predicted octanol–water partition coefficient (Wildman–Crippen LogP) is 2.40. The molecule has 0 spiro atoms. The highest BCUT2D eigenvalue weighted by Gasteiger charge is 2.13. The molecule has 9 heteroatoms. The fraction of sp³-hybridized carbons (Fsp3) is 0.615. The summed E-state index contributed by atoms with van der Waals surface area (Å²) in [6, 6.07) is 0. The fourth-order valence-electron chi connectivity index (χ4n) is 1.87. The Bertz CT molecular complexity index is 624. The molecule has 0 aliphatic heterocycles. The zero-order chi connectivity index (χ0) is 15.9. The minimum absolute atomic E-state index is 0.104. The molecule has 0 atom stereocenters.